The van der Waals surface area contributed by atoms with Crippen molar-refractivity contribution in [2.45, 2.75) is 32.1 Å². The molecule has 208 valence electrons. The fourth-order valence-electron chi connectivity index (χ4n) is 6.19. The van der Waals surface area contributed by atoms with Crippen molar-refractivity contribution >= 4 is 22.7 Å². The van der Waals surface area contributed by atoms with Gasteiger partial charge in [0.05, 0.1) is 5.69 Å². The lowest BCUT2D eigenvalue weighted by Gasteiger charge is -2.28. The number of fused-ring (bicyclic) bond motifs is 3. The van der Waals surface area contributed by atoms with Gasteiger partial charge in [-0.25, -0.2) is 0 Å². The minimum Gasteiger partial charge on any atom is -0.348 e. The maximum absolute atomic E-state index is 2.37. The molecule has 0 amide bonds. The van der Waals surface area contributed by atoms with Crippen molar-refractivity contribution in [2.24, 2.45) is 0 Å². The average Bonchev–Trinajstić information content (AvgIpc) is 3.30. The molecule has 2 nitrogen and oxygen atoms in total. The van der Waals surface area contributed by atoms with Crippen LogP contribution in [0.2, 0.25) is 0 Å². The lowest BCUT2D eigenvalue weighted by molar-refractivity contribution is 0.660. The van der Waals surface area contributed by atoms with Gasteiger partial charge in [-0.2, -0.15) is 0 Å². The Morgan fingerprint density at radius 2 is 1.12 bits per heavy atom. The summed E-state index contributed by atoms with van der Waals surface area (Å²) < 4.78 is 0. The Kier molecular flexibility index (Phi) is 7.79. The van der Waals surface area contributed by atoms with Gasteiger partial charge in [0.25, 0.3) is 0 Å². The first-order valence-electron chi connectivity index (χ1n) is 14.8. The second kappa shape index (κ2) is 12.0. The van der Waals surface area contributed by atoms with E-state index in [1.807, 2.05) is 6.07 Å². The summed E-state index contributed by atoms with van der Waals surface area (Å²) in [5, 5.41) is 0. The van der Waals surface area contributed by atoms with E-state index in [1.165, 1.54) is 50.7 Å². The van der Waals surface area contributed by atoms with E-state index < -0.39 is 0 Å². The molecule has 0 saturated heterocycles. The average molecular weight is 547 g/mol. The Balaban J connectivity index is 0.000000189. The fourth-order valence-corrected chi connectivity index (χ4v) is 6.19. The number of allylic oxidation sites excluding steroid dienone is 4. The molecule has 5 aromatic carbocycles. The topological polar surface area (TPSA) is 6.48 Å². The molecular formula is C40H38N2. The van der Waals surface area contributed by atoms with Crippen LogP contribution in [0.1, 0.15) is 37.8 Å². The van der Waals surface area contributed by atoms with Crippen molar-refractivity contribution in [2.75, 3.05) is 16.8 Å². The molecule has 7 rings (SSSR count). The first-order valence-corrected chi connectivity index (χ1v) is 14.8. The number of nitrogens with zero attached hydrogens (tertiary/aromatic N) is 2. The predicted octanol–water partition coefficient (Wildman–Crippen LogP) is 10.8. The van der Waals surface area contributed by atoms with E-state index in [-0.39, 0.29) is 5.41 Å². The van der Waals surface area contributed by atoms with E-state index in [4.69, 9.17) is 0 Å². The summed E-state index contributed by atoms with van der Waals surface area (Å²) in [6.45, 7) is 4.66. The van der Waals surface area contributed by atoms with E-state index in [2.05, 4.69) is 176 Å². The van der Waals surface area contributed by atoms with Gasteiger partial charge in [-0.3, -0.25) is 0 Å². The van der Waals surface area contributed by atoms with Crippen molar-refractivity contribution in [3.05, 3.63) is 169 Å². The Bertz CT molecular complexity index is 1660. The number of benzene rings is 5. The van der Waals surface area contributed by atoms with Gasteiger partial charge in [-0.15, -0.1) is 0 Å². The monoisotopic (exact) mass is 546 g/mol. The van der Waals surface area contributed by atoms with E-state index >= 15 is 0 Å². The molecule has 0 atom stereocenters. The van der Waals surface area contributed by atoms with E-state index in [0.717, 1.165) is 12.8 Å². The Morgan fingerprint density at radius 1 is 0.571 bits per heavy atom. The smallest absolute Gasteiger partial charge is 0.0543 e. The SMILES string of the molecule is CC1(C)c2ccccc2-c2c(N(c3ccccc3)c3ccccc3)cccc21.CN(C1=CC=CCC1)c1ccccc1. The Morgan fingerprint density at radius 3 is 1.71 bits per heavy atom. The highest BCUT2D eigenvalue weighted by atomic mass is 15.1. The molecule has 2 aliphatic carbocycles. The van der Waals surface area contributed by atoms with Crippen LogP contribution in [-0.4, -0.2) is 7.05 Å². The van der Waals surface area contributed by atoms with E-state index in [0.29, 0.717) is 0 Å². The fraction of sp³-hybridized carbons (Fsp3) is 0.150. The van der Waals surface area contributed by atoms with Gasteiger partial charge < -0.3 is 9.80 Å². The summed E-state index contributed by atoms with van der Waals surface area (Å²) in [4.78, 5) is 4.63. The second-order valence-corrected chi connectivity index (χ2v) is 11.4. The van der Waals surface area contributed by atoms with Gasteiger partial charge in [0, 0.05) is 40.8 Å². The highest BCUT2D eigenvalue weighted by Crippen LogP contribution is 2.53. The maximum Gasteiger partial charge on any atom is 0.0543 e. The summed E-state index contributed by atoms with van der Waals surface area (Å²) in [6, 6.07) is 47.3. The molecule has 0 bridgehead atoms. The van der Waals surface area contributed by atoms with Crippen molar-refractivity contribution in [1.29, 1.82) is 0 Å². The Labute approximate surface area is 250 Å². The van der Waals surface area contributed by atoms with Crippen LogP contribution in [0.25, 0.3) is 11.1 Å². The Hall–Kier alpha value is -4.82. The molecule has 0 unspecified atom stereocenters. The van der Waals surface area contributed by atoms with Crippen molar-refractivity contribution in [1.82, 2.24) is 0 Å². The van der Waals surface area contributed by atoms with Crippen molar-refractivity contribution in [3.8, 4) is 11.1 Å². The van der Waals surface area contributed by atoms with Crippen LogP contribution >= 0.6 is 0 Å². The molecule has 5 aromatic rings. The van der Waals surface area contributed by atoms with Gasteiger partial charge >= 0.3 is 0 Å². The van der Waals surface area contributed by atoms with Gasteiger partial charge in [0.15, 0.2) is 0 Å². The molecular weight excluding hydrogens is 508 g/mol. The van der Waals surface area contributed by atoms with Crippen molar-refractivity contribution in [3.63, 3.8) is 0 Å². The van der Waals surface area contributed by atoms with Crippen LogP contribution in [0.4, 0.5) is 22.7 Å². The van der Waals surface area contributed by atoms with E-state index in [9.17, 15) is 0 Å². The number of para-hydroxylation sites is 3. The highest BCUT2D eigenvalue weighted by molar-refractivity contribution is 5.94. The number of anilines is 4. The summed E-state index contributed by atoms with van der Waals surface area (Å²) in [5.74, 6) is 0. The molecule has 0 saturated carbocycles. The zero-order valence-corrected chi connectivity index (χ0v) is 24.7. The van der Waals surface area contributed by atoms with Crippen LogP contribution in [0.15, 0.2) is 157 Å². The van der Waals surface area contributed by atoms with Crippen LogP contribution in [0.3, 0.4) is 0 Å². The molecule has 0 spiro atoms. The summed E-state index contributed by atoms with van der Waals surface area (Å²) in [7, 11) is 2.13. The third-order valence-corrected chi connectivity index (χ3v) is 8.42. The van der Waals surface area contributed by atoms with Crippen molar-refractivity contribution < 1.29 is 0 Å². The minimum absolute atomic E-state index is 0.000975. The predicted molar refractivity (Wildman–Crippen MR) is 180 cm³/mol. The lowest BCUT2D eigenvalue weighted by Crippen LogP contribution is -2.16. The van der Waals surface area contributed by atoms with Gasteiger partial charge in [-0.1, -0.05) is 117 Å². The quantitative estimate of drug-likeness (QED) is 0.216. The molecule has 0 radical (unpaired) electrons. The van der Waals surface area contributed by atoms with Crippen LogP contribution in [0.5, 0.6) is 0 Å². The molecule has 0 aromatic heterocycles. The maximum atomic E-state index is 2.37. The summed E-state index contributed by atoms with van der Waals surface area (Å²) in [5.41, 5.74) is 11.7. The largest absolute Gasteiger partial charge is 0.348 e. The van der Waals surface area contributed by atoms with Crippen LogP contribution in [-0.2, 0) is 5.41 Å². The minimum atomic E-state index is 0.000975. The summed E-state index contributed by atoms with van der Waals surface area (Å²) in [6.07, 6.45) is 8.84. The highest BCUT2D eigenvalue weighted by Gasteiger charge is 2.37. The lowest BCUT2D eigenvalue weighted by atomic mass is 9.82. The first kappa shape index (κ1) is 27.4. The molecule has 0 N–H and O–H groups in total. The summed E-state index contributed by atoms with van der Waals surface area (Å²) >= 11 is 0. The van der Waals surface area contributed by atoms with Gasteiger partial charge in [0.2, 0.25) is 0 Å². The molecule has 0 heterocycles. The second-order valence-electron chi connectivity index (χ2n) is 11.4. The standard InChI is InChI=1S/C27H23N.C13H15N/c1-27(2)23-17-10-9-16-22(23)26-24(27)18-11-19-25(26)28(20-12-5-3-6-13-20)21-14-7-4-8-15-21;1-14(12-8-4-2-5-9-12)13-10-6-3-7-11-13/h3-19H,1-2H3;2-6,8-10H,7,11H2,1H3. The van der Waals surface area contributed by atoms with Crippen LogP contribution < -0.4 is 9.80 Å². The van der Waals surface area contributed by atoms with Gasteiger partial charge in [0.1, 0.15) is 0 Å². The van der Waals surface area contributed by atoms with E-state index in [1.54, 1.807) is 0 Å². The van der Waals surface area contributed by atoms with Crippen LogP contribution in [0, 0.1) is 0 Å². The third-order valence-electron chi connectivity index (χ3n) is 8.42. The zero-order valence-electron chi connectivity index (χ0n) is 24.7. The third kappa shape index (κ3) is 5.29. The number of hydrogen-bond donors (Lipinski definition) is 0. The van der Waals surface area contributed by atoms with Gasteiger partial charge in [-0.05, 0) is 78.1 Å². The molecule has 2 aliphatic rings. The first-order chi connectivity index (χ1) is 20.6. The zero-order chi connectivity index (χ0) is 28.9. The molecule has 0 aliphatic heterocycles. The number of hydrogen-bond acceptors (Lipinski definition) is 2. The normalized spacial score (nSPS) is 14.1. The molecule has 42 heavy (non-hydrogen) atoms. The number of rotatable bonds is 5. The molecule has 0 fully saturated rings. The molecule has 2 heteroatoms.